The lowest BCUT2D eigenvalue weighted by Gasteiger charge is -2.12. The van der Waals surface area contributed by atoms with Crippen LogP contribution in [0.2, 0.25) is 0 Å². The van der Waals surface area contributed by atoms with Crippen LogP contribution in [0, 0.1) is 13.8 Å². The predicted octanol–water partition coefficient (Wildman–Crippen LogP) is 3.96. The van der Waals surface area contributed by atoms with Gasteiger partial charge in [-0.1, -0.05) is 12.1 Å². The van der Waals surface area contributed by atoms with Crippen molar-refractivity contribution < 1.29 is 14.3 Å². The lowest BCUT2D eigenvalue weighted by atomic mass is 10.1. The molecule has 0 bridgehead atoms. The average Bonchev–Trinajstić information content (AvgIpc) is 2.51. The second-order valence-corrected chi connectivity index (χ2v) is 5.07. The Hall–Kier alpha value is -2.49. The standard InChI is InChI=1S/C18H21NO3/c1-5-22-16-9-8-14(11-17(16)21-4)18(20)19-15-10-12(2)6-7-13(15)3/h6-11H,5H2,1-4H3,(H,19,20). The van der Waals surface area contributed by atoms with Crippen molar-refractivity contribution in [2.24, 2.45) is 0 Å². The summed E-state index contributed by atoms with van der Waals surface area (Å²) in [5, 5.41) is 2.93. The number of hydrogen-bond donors (Lipinski definition) is 1. The van der Waals surface area contributed by atoms with Gasteiger partial charge in [0.15, 0.2) is 11.5 Å². The molecule has 2 aromatic carbocycles. The van der Waals surface area contributed by atoms with Gasteiger partial charge in [-0.2, -0.15) is 0 Å². The van der Waals surface area contributed by atoms with E-state index in [4.69, 9.17) is 9.47 Å². The first-order chi connectivity index (χ1) is 10.5. The van der Waals surface area contributed by atoms with Gasteiger partial charge >= 0.3 is 0 Å². The molecule has 116 valence electrons. The van der Waals surface area contributed by atoms with E-state index in [9.17, 15) is 4.79 Å². The normalized spacial score (nSPS) is 10.2. The Morgan fingerprint density at radius 2 is 1.86 bits per heavy atom. The van der Waals surface area contributed by atoms with Crippen molar-refractivity contribution in [3.05, 3.63) is 53.1 Å². The Kier molecular flexibility index (Phi) is 5.04. The van der Waals surface area contributed by atoms with E-state index in [1.165, 1.54) is 0 Å². The largest absolute Gasteiger partial charge is 0.493 e. The Balaban J connectivity index is 2.24. The zero-order valence-corrected chi connectivity index (χ0v) is 13.4. The molecule has 0 heterocycles. The molecule has 0 aliphatic heterocycles. The zero-order valence-electron chi connectivity index (χ0n) is 13.4. The Labute approximate surface area is 131 Å². The molecule has 22 heavy (non-hydrogen) atoms. The van der Waals surface area contributed by atoms with Gasteiger partial charge in [-0.15, -0.1) is 0 Å². The number of methoxy groups -OCH3 is 1. The lowest BCUT2D eigenvalue weighted by Crippen LogP contribution is -2.13. The highest BCUT2D eigenvalue weighted by Gasteiger charge is 2.12. The van der Waals surface area contributed by atoms with Crippen LogP contribution >= 0.6 is 0 Å². The first-order valence-corrected chi connectivity index (χ1v) is 7.24. The molecule has 4 nitrogen and oxygen atoms in total. The molecule has 0 saturated carbocycles. The van der Waals surface area contributed by atoms with Crippen molar-refractivity contribution in [3.63, 3.8) is 0 Å². The molecule has 0 aromatic heterocycles. The fourth-order valence-corrected chi connectivity index (χ4v) is 2.15. The predicted molar refractivity (Wildman–Crippen MR) is 88.0 cm³/mol. The molecule has 1 amide bonds. The van der Waals surface area contributed by atoms with E-state index < -0.39 is 0 Å². The molecule has 0 saturated heterocycles. The van der Waals surface area contributed by atoms with Gasteiger partial charge in [0.1, 0.15) is 0 Å². The Bertz CT molecular complexity index is 680. The van der Waals surface area contributed by atoms with Crippen LogP contribution in [-0.2, 0) is 0 Å². The van der Waals surface area contributed by atoms with E-state index in [-0.39, 0.29) is 5.91 Å². The molecule has 0 aliphatic carbocycles. The minimum Gasteiger partial charge on any atom is -0.493 e. The summed E-state index contributed by atoms with van der Waals surface area (Å²) in [4.78, 5) is 12.4. The SMILES string of the molecule is CCOc1ccc(C(=O)Nc2cc(C)ccc2C)cc1OC. The van der Waals surface area contributed by atoms with Gasteiger partial charge in [-0.25, -0.2) is 0 Å². The van der Waals surface area contributed by atoms with E-state index in [0.717, 1.165) is 16.8 Å². The number of nitrogens with one attached hydrogen (secondary N) is 1. The van der Waals surface area contributed by atoms with Gasteiger partial charge in [0.2, 0.25) is 0 Å². The quantitative estimate of drug-likeness (QED) is 0.909. The van der Waals surface area contributed by atoms with Gasteiger partial charge in [-0.3, -0.25) is 4.79 Å². The minimum atomic E-state index is -0.171. The van der Waals surface area contributed by atoms with Gasteiger partial charge in [-0.05, 0) is 56.2 Å². The third-order valence-corrected chi connectivity index (χ3v) is 3.37. The molecule has 0 spiro atoms. The van der Waals surface area contributed by atoms with Gasteiger partial charge in [0.25, 0.3) is 5.91 Å². The molecule has 0 atom stereocenters. The maximum absolute atomic E-state index is 12.4. The fraction of sp³-hybridized carbons (Fsp3) is 0.278. The molecular weight excluding hydrogens is 278 g/mol. The van der Waals surface area contributed by atoms with Crippen LogP contribution in [0.15, 0.2) is 36.4 Å². The number of carbonyl (C=O) groups is 1. The van der Waals surface area contributed by atoms with Crippen LogP contribution in [0.4, 0.5) is 5.69 Å². The lowest BCUT2D eigenvalue weighted by molar-refractivity contribution is 0.102. The number of rotatable bonds is 5. The first kappa shape index (κ1) is 15.9. The topological polar surface area (TPSA) is 47.6 Å². The highest BCUT2D eigenvalue weighted by atomic mass is 16.5. The summed E-state index contributed by atoms with van der Waals surface area (Å²) in [5.74, 6) is 1.01. The summed E-state index contributed by atoms with van der Waals surface area (Å²) in [7, 11) is 1.56. The molecular formula is C18H21NO3. The number of carbonyl (C=O) groups excluding carboxylic acids is 1. The van der Waals surface area contributed by atoms with Gasteiger partial charge in [0.05, 0.1) is 13.7 Å². The third-order valence-electron chi connectivity index (χ3n) is 3.37. The van der Waals surface area contributed by atoms with E-state index >= 15 is 0 Å². The van der Waals surface area contributed by atoms with Gasteiger partial charge < -0.3 is 14.8 Å². The van der Waals surface area contributed by atoms with Crippen LogP contribution in [0.5, 0.6) is 11.5 Å². The summed E-state index contributed by atoms with van der Waals surface area (Å²) in [6.07, 6.45) is 0. The molecule has 0 unspecified atom stereocenters. The second kappa shape index (κ2) is 6.98. The summed E-state index contributed by atoms with van der Waals surface area (Å²) in [6.45, 7) is 6.41. The molecule has 1 N–H and O–H groups in total. The van der Waals surface area contributed by atoms with Crippen molar-refractivity contribution in [2.75, 3.05) is 19.0 Å². The van der Waals surface area contributed by atoms with E-state index in [1.807, 2.05) is 39.0 Å². The van der Waals surface area contributed by atoms with Crippen LogP contribution in [-0.4, -0.2) is 19.6 Å². The number of hydrogen-bond acceptors (Lipinski definition) is 3. The number of anilines is 1. The summed E-state index contributed by atoms with van der Waals surface area (Å²) < 4.78 is 10.7. The van der Waals surface area contributed by atoms with Crippen LogP contribution in [0.25, 0.3) is 0 Å². The minimum absolute atomic E-state index is 0.171. The van der Waals surface area contributed by atoms with Gasteiger partial charge in [0, 0.05) is 11.3 Å². The number of aryl methyl sites for hydroxylation is 2. The number of amides is 1. The van der Waals surface area contributed by atoms with Crippen molar-refractivity contribution in [3.8, 4) is 11.5 Å². The smallest absolute Gasteiger partial charge is 0.255 e. The zero-order chi connectivity index (χ0) is 16.1. The molecule has 0 aliphatic rings. The summed E-state index contributed by atoms with van der Waals surface area (Å²) in [5.41, 5.74) is 3.47. The number of benzene rings is 2. The average molecular weight is 299 g/mol. The van der Waals surface area contributed by atoms with Crippen LogP contribution < -0.4 is 14.8 Å². The third kappa shape index (κ3) is 3.58. The molecule has 0 fully saturated rings. The summed E-state index contributed by atoms with van der Waals surface area (Å²) in [6, 6.07) is 11.1. The van der Waals surface area contributed by atoms with Crippen LogP contribution in [0.3, 0.4) is 0 Å². The number of ether oxygens (including phenoxy) is 2. The molecule has 2 rings (SSSR count). The Morgan fingerprint density at radius 3 is 2.55 bits per heavy atom. The van der Waals surface area contributed by atoms with E-state index in [2.05, 4.69) is 5.32 Å². The monoisotopic (exact) mass is 299 g/mol. The second-order valence-electron chi connectivity index (χ2n) is 5.07. The molecule has 2 aromatic rings. The highest BCUT2D eigenvalue weighted by Crippen LogP contribution is 2.28. The molecule has 0 radical (unpaired) electrons. The van der Waals surface area contributed by atoms with Crippen molar-refractivity contribution >= 4 is 11.6 Å². The maximum atomic E-state index is 12.4. The van der Waals surface area contributed by atoms with E-state index in [0.29, 0.717) is 23.7 Å². The maximum Gasteiger partial charge on any atom is 0.255 e. The molecule has 4 heteroatoms. The van der Waals surface area contributed by atoms with Crippen molar-refractivity contribution in [2.45, 2.75) is 20.8 Å². The Morgan fingerprint density at radius 1 is 1.09 bits per heavy atom. The summed E-state index contributed by atoms with van der Waals surface area (Å²) >= 11 is 0. The first-order valence-electron chi connectivity index (χ1n) is 7.24. The van der Waals surface area contributed by atoms with Crippen LogP contribution in [0.1, 0.15) is 28.4 Å². The fourth-order valence-electron chi connectivity index (χ4n) is 2.15. The van der Waals surface area contributed by atoms with Crippen molar-refractivity contribution in [1.82, 2.24) is 0 Å². The van der Waals surface area contributed by atoms with Crippen molar-refractivity contribution in [1.29, 1.82) is 0 Å². The van der Waals surface area contributed by atoms with E-state index in [1.54, 1.807) is 25.3 Å². The highest BCUT2D eigenvalue weighted by molar-refractivity contribution is 6.05.